The lowest BCUT2D eigenvalue weighted by Crippen LogP contribution is -2.21. The first-order valence-electron chi connectivity index (χ1n) is 4.85. The van der Waals surface area contributed by atoms with Crippen LogP contribution in [0.2, 0.25) is 0 Å². The molecule has 0 saturated heterocycles. The van der Waals surface area contributed by atoms with Crippen molar-refractivity contribution >= 4 is 5.97 Å². The molecule has 0 amide bonds. The lowest BCUT2D eigenvalue weighted by molar-refractivity contribution is -0.143. The van der Waals surface area contributed by atoms with Gasteiger partial charge in [-0.25, -0.2) is 0 Å². The smallest absolute Gasteiger partial charge is 0.308 e. The van der Waals surface area contributed by atoms with Crippen molar-refractivity contribution in [1.29, 1.82) is 0 Å². The summed E-state index contributed by atoms with van der Waals surface area (Å²) in [6, 6.07) is 0. The highest BCUT2D eigenvalue weighted by Crippen LogP contribution is 2.13. The first-order chi connectivity index (χ1) is 6.47. The third-order valence-electron chi connectivity index (χ3n) is 2.16. The van der Waals surface area contributed by atoms with Crippen LogP contribution in [0.15, 0.2) is 11.6 Å². The summed E-state index contributed by atoms with van der Waals surface area (Å²) >= 11 is 0. The third-order valence-corrected chi connectivity index (χ3v) is 2.16. The fourth-order valence-corrected chi connectivity index (χ4v) is 1.03. The standard InChI is InChI=1S/C11H20O3/c1-8(2)5-6-9(3)10(12)7-11(13)14-4/h5,9-10,12H,6-7H2,1-4H3/t9-,10+/m0/s1. The van der Waals surface area contributed by atoms with Crippen molar-refractivity contribution < 1.29 is 14.6 Å². The highest BCUT2D eigenvalue weighted by molar-refractivity contribution is 5.69. The molecule has 0 aromatic carbocycles. The number of esters is 1. The molecule has 0 radical (unpaired) electrons. The second-order valence-electron chi connectivity index (χ2n) is 3.84. The monoisotopic (exact) mass is 200 g/mol. The van der Waals surface area contributed by atoms with E-state index in [1.165, 1.54) is 12.7 Å². The van der Waals surface area contributed by atoms with E-state index in [9.17, 15) is 9.90 Å². The lowest BCUT2D eigenvalue weighted by Gasteiger charge is -2.16. The molecule has 0 fully saturated rings. The van der Waals surface area contributed by atoms with Crippen LogP contribution in [0.3, 0.4) is 0 Å². The van der Waals surface area contributed by atoms with E-state index in [1.54, 1.807) is 0 Å². The average Bonchev–Trinajstić information content (AvgIpc) is 2.13. The maximum atomic E-state index is 10.9. The van der Waals surface area contributed by atoms with Gasteiger partial charge in [0.15, 0.2) is 0 Å². The molecule has 0 heterocycles. The van der Waals surface area contributed by atoms with Crippen molar-refractivity contribution in [2.24, 2.45) is 5.92 Å². The predicted octanol–water partition coefficient (Wildman–Crippen LogP) is 1.90. The minimum absolute atomic E-state index is 0.0776. The molecule has 0 aliphatic rings. The molecule has 0 unspecified atom stereocenters. The van der Waals surface area contributed by atoms with Crippen LogP contribution in [-0.2, 0) is 9.53 Å². The molecule has 0 aliphatic heterocycles. The molecule has 0 spiro atoms. The zero-order chi connectivity index (χ0) is 11.1. The van der Waals surface area contributed by atoms with E-state index < -0.39 is 6.10 Å². The van der Waals surface area contributed by atoms with Crippen molar-refractivity contribution in [3.05, 3.63) is 11.6 Å². The molecule has 3 heteroatoms. The van der Waals surface area contributed by atoms with Crippen molar-refractivity contribution in [3.8, 4) is 0 Å². The van der Waals surface area contributed by atoms with Crippen LogP contribution in [0.25, 0.3) is 0 Å². The Hall–Kier alpha value is -0.830. The predicted molar refractivity (Wildman–Crippen MR) is 55.9 cm³/mol. The van der Waals surface area contributed by atoms with Gasteiger partial charge in [-0.15, -0.1) is 0 Å². The van der Waals surface area contributed by atoms with Crippen molar-refractivity contribution in [2.75, 3.05) is 7.11 Å². The summed E-state index contributed by atoms with van der Waals surface area (Å²) in [5.74, 6) is -0.273. The molecule has 0 aromatic heterocycles. The van der Waals surface area contributed by atoms with Crippen molar-refractivity contribution in [1.82, 2.24) is 0 Å². The van der Waals surface area contributed by atoms with Crippen LogP contribution >= 0.6 is 0 Å². The maximum absolute atomic E-state index is 10.9. The number of rotatable bonds is 5. The van der Waals surface area contributed by atoms with Gasteiger partial charge in [-0.1, -0.05) is 18.6 Å². The van der Waals surface area contributed by atoms with Gasteiger partial charge in [0.1, 0.15) is 0 Å². The van der Waals surface area contributed by atoms with Gasteiger partial charge in [0.2, 0.25) is 0 Å². The number of allylic oxidation sites excluding steroid dienone is 2. The Morgan fingerprint density at radius 1 is 1.50 bits per heavy atom. The van der Waals surface area contributed by atoms with E-state index >= 15 is 0 Å². The number of hydrogen-bond donors (Lipinski definition) is 1. The van der Waals surface area contributed by atoms with Gasteiger partial charge in [0, 0.05) is 0 Å². The highest BCUT2D eigenvalue weighted by Gasteiger charge is 2.17. The van der Waals surface area contributed by atoms with Crippen LogP contribution < -0.4 is 0 Å². The first-order valence-corrected chi connectivity index (χ1v) is 4.85. The van der Waals surface area contributed by atoms with Gasteiger partial charge < -0.3 is 9.84 Å². The Kier molecular flexibility index (Phi) is 6.21. The van der Waals surface area contributed by atoms with Gasteiger partial charge >= 0.3 is 5.97 Å². The fraction of sp³-hybridized carbons (Fsp3) is 0.727. The minimum Gasteiger partial charge on any atom is -0.469 e. The Morgan fingerprint density at radius 3 is 2.50 bits per heavy atom. The van der Waals surface area contributed by atoms with E-state index in [2.05, 4.69) is 10.8 Å². The Morgan fingerprint density at radius 2 is 2.07 bits per heavy atom. The molecule has 14 heavy (non-hydrogen) atoms. The van der Waals surface area contributed by atoms with Crippen LogP contribution in [0.1, 0.15) is 33.6 Å². The molecule has 3 nitrogen and oxygen atoms in total. The zero-order valence-electron chi connectivity index (χ0n) is 9.41. The number of methoxy groups -OCH3 is 1. The molecular formula is C11H20O3. The van der Waals surface area contributed by atoms with Crippen LogP contribution in [0.5, 0.6) is 0 Å². The van der Waals surface area contributed by atoms with Crippen molar-refractivity contribution in [2.45, 2.75) is 39.7 Å². The van der Waals surface area contributed by atoms with Gasteiger partial charge in [-0.3, -0.25) is 4.79 Å². The highest BCUT2D eigenvalue weighted by atomic mass is 16.5. The minimum atomic E-state index is -0.613. The summed E-state index contributed by atoms with van der Waals surface area (Å²) in [7, 11) is 1.33. The molecule has 2 atom stereocenters. The summed E-state index contributed by atoms with van der Waals surface area (Å²) < 4.78 is 4.48. The van der Waals surface area contributed by atoms with Gasteiger partial charge in [-0.05, 0) is 26.2 Å². The lowest BCUT2D eigenvalue weighted by atomic mass is 9.97. The number of carbonyl (C=O) groups excluding carboxylic acids is 1. The molecule has 0 aromatic rings. The summed E-state index contributed by atoms with van der Waals surface area (Å²) in [6.45, 7) is 5.95. The molecule has 0 rings (SSSR count). The first kappa shape index (κ1) is 13.2. The summed E-state index contributed by atoms with van der Waals surface area (Å²) in [5, 5.41) is 9.60. The normalized spacial score (nSPS) is 14.4. The summed E-state index contributed by atoms with van der Waals surface area (Å²) in [4.78, 5) is 10.9. The Balaban J connectivity index is 3.93. The van der Waals surface area contributed by atoms with E-state index in [4.69, 9.17) is 0 Å². The average molecular weight is 200 g/mol. The maximum Gasteiger partial charge on any atom is 0.308 e. The van der Waals surface area contributed by atoms with E-state index in [0.717, 1.165) is 6.42 Å². The number of hydrogen-bond acceptors (Lipinski definition) is 3. The molecule has 82 valence electrons. The molecule has 0 saturated carbocycles. The fourth-order valence-electron chi connectivity index (χ4n) is 1.03. The van der Waals surface area contributed by atoms with Crippen LogP contribution in [-0.4, -0.2) is 24.3 Å². The molecule has 0 aliphatic carbocycles. The van der Waals surface area contributed by atoms with E-state index in [0.29, 0.717) is 0 Å². The Labute approximate surface area is 85.8 Å². The van der Waals surface area contributed by atoms with E-state index in [-0.39, 0.29) is 18.3 Å². The third kappa shape index (κ3) is 5.75. The quantitative estimate of drug-likeness (QED) is 0.544. The Bertz CT molecular complexity index is 205. The van der Waals surface area contributed by atoms with Crippen LogP contribution in [0.4, 0.5) is 0 Å². The van der Waals surface area contributed by atoms with Crippen molar-refractivity contribution in [3.63, 3.8) is 0 Å². The number of aliphatic hydroxyl groups is 1. The molecular weight excluding hydrogens is 180 g/mol. The molecule has 0 bridgehead atoms. The van der Waals surface area contributed by atoms with Gasteiger partial charge in [0.25, 0.3) is 0 Å². The zero-order valence-corrected chi connectivity index (χ0v) is 9.41. The van der Waals surface area contributed by atoms with Crippen LogP contribution in [0, 0.1) is 5.92 Å². The van der Waals surface area contributed by atoms with Gasteiger partial charge in [0.05, 0.1) is 19.6 Å². The number of aliphatic hydroxyl groups excluding tert-OH is 1. The molecule has 1 N–H and O–H groups in total. The number of carbonyl (C=O) groups is 1. The summed E-state index contributed by atoms with van der Waals surface area (Å²) in [6.07, 6.45) is 2.32. The second kappa shape index (κ2) is 6.60. The SMILES string of the molecule is COC(=O)C[C@@H](O)[C@@H](C)CC=C(C)C. The number of ether oxygens (including phenoxy) is 1. The summed E-state index contributed by atoms with van der Waals surface area (Å²) in [5.41, 5.74) is 1.22. The second-order valence-corrected chi connectivity index (χ2v) is 3.84. The van der Waals surface area contributed by atoms with Gasteiger partial charge in [-0.2, -0.15) is 0 Å². The topological polar surface area (TPSA) is 46.5 Å². The van der Waals surface area contributed by atoms with E-state index in [1.807, 2.05) is 20.8 Å². The largest absolute Gasteiger partial charge is 0.469 e.